The lowest BCUT2D eigenvalue weighted by molar-refractivity contribution is -0.161. The molecule has 0 unspecified atom stereocenters. The molecule has 0 bridgehead atoms. The molecule has 2 aliphatic heterocycles. The minimum Gasteiger partial charge on any atom is -0.481 e. The van der Waals surface area contributed by atoms with Gasteiger partial charge in [0.2, 0.25) is 11.8 Å². The van der Waals surface area contributed by atoms with Gasteiger partial charge in [-0.1, -0.05) is 54.4 Å². The molecule has 1 aliphatic carbocycles. The largest absolute Gasteiger partial charge is 0.481 e. The Labute approximate surface area is 237 Å². The molecule has 4 atom stereocenters. The van der Waals surface area contributed by atoms with Crippen LogP contribution in [-0.2, 0) is 14.4 Å². The lowest BCUT2D eigenvalue weighted by Gasteiger charge is -2.52. The Hall–Kier alpha value is -3.10. The summed E-state index contributed by atoms with van der Waals surface area (Å²) >= 11 is 12.6. The number of nitrogens with zero attached hydrogens (tertiary/aromatic N) is 3. The van der Waals surface area contributed by atoms with Gasteiger partial charge in [-0.3, -0.25) is 19.3 Å². The van der Waals surface area contributed by atoms with Crippen molar-refractivity contribution in [3.8, 4) is 0 Å². The Balaban J connectivity index is 1.67. The molecule has 5 rings (SSSR count). The maximum atomic E-state index is 14.5. The zero-order valence-electron chi connectivity index (χ0n) is 21.8. The van der Waals surface area contributed by atoms with Crippen LogP contribution in [0.4, 0.5) is 4.79 Å². The lowest BCUT2D eigenvalue weighted by Crippen LogP contribution is -2.59. The molecule has 206 valence electrons. The molecular weight excluding hydrogens is 541 g/mol. The van der Waals surface area contributed by atoms with Gasteiger partial charge in [0.15, 0.2) is 0 Å². The second-order valence-electron chi connectivity index (χ2n) is 11.3. The van der Waals surface area contributed by atoms with Crippen molar-refractivity contribution in [1.29, 1.82) is 0 Å². The molecule has 39 heavy (non-hydrogen) atoms. The van der Waals surface area contributed by atoms with E-state index in [1.54, 1.807) is 37.1 Å². The number of halogens is 2. The molecule has 3 aliphatic rings. The number of imide groups is 1. The molecule has 0 aromatic heterocycles. The molecule has 0 spiro atoms. The first kappa shape index (κ1) is 27.5. The fourth-order valence-corrected chi connectivity index (χ4v) is 6.55. The van der Waals surface area contributed by atoms with Gasteiger partial charge in [0.1, 0.15) is 6.54 Å². The van der Waals surface area contributed by atoms with Crippen LogP contribution in [0.1, 0.15) is 55.7 Å². The Kier molecular flexibility index (Phi) is 7.37. The fourth-order valence-electron chi connectivity index (χ4n) is 6.23. The molecule has 2 saturated heterocycles. The summed E-state index contributed by atoms with van der Waals surface area (Å²) < 4.78 is 0. The number of carbonyl (C=O) groups excluding carboxylic acids is 3. The van der Waals surface area contributed by atoms with Crippen LogP contribution in [0.3, 0.4) is 0 Å². The van der Waals surface area contributed by atoms with Crippen molar-refractivity contribution in [3.05, 3.63) is 69.7 Å². The van der Waals surface area contributed by atoms with Crippen molar-refractivity contribution in [3.63, 3.8) is 0 Å². The molecule has 2 heterocycles. The van der Waals surface area contributed by atoms with Crippen molar-refractivity contribution in [2.24, 2.45) is 11.3 Å². The molecule has 4 amide bonds. The standard InChI is InChI=1S/C29H31Cl2N3O5/c1-29(14-25(36)37)13-22(19-4-3-5-21(31)12-19)26(18-8-10-20(30)11-9-18)34(27(29)38)23(17-6-7-17)15-33-24(35)16-32(2)28(33)39/h3-5,8-12,17,22-23,26H,6-7,13-16H2,1-2H3,(H,36,37)/t22-,23-,26-,29+/m1/s1. The number of benzene rings is 2. The van der Waals surface area contributed by atoms with Crippen molar-refractivity contribution in [2.45, 2.75) is 50.6 Å². The summed E-state index contributed by atoms with van der Waals surface area (Å²) in [5.41, 5.74) is 0.529. The number of hydrogen-bond acceptors (Lipinski definition) is 4. The summed E-state index contributed by atoms with van der Waals surface area (Å²) in [6, 6.07) is 13.4. The van der Waals surface area contributed by atoms with Crippen LogP contribution in [0.5, 0.6) is 0 Å². The molecule has 0 radical (unpaired) electrons. The first-order valence-electron chi connectivity index (χ1n) is 13.1. The van der Waals surface area contributed by atoms with Gasteiger partial charge in [-0.05, 0) is 60.6 Å². The van der Waals surface area contributed by atoms with Crippen LogP contribution in [0.25, 0.3) is 0 Å². The van der Waals surface area contributed by atoms with Gasteiger partial charge in [0.25, 0.3) is 0 Å². The second-order valence-corrected chi connectivity index (χ2v) is 12.1. The van der Waals surface area contributed by atoms with Crippen LogP contribution in [0.2, 0.25) is 10.0 Å². The maximum absolute atomic E-state index is 14.5. The molecule has 1 N–H and O–H groups in total. The summed E-state index contributed by atoms with van der Waals surface area (Å²) in [7, 11) is 1.58. The highest BCUT2D eigenvalue weighted by atomic mass is 35.5. The van der Waals surface area contributed by atoms with Gasteiger partial charge in [0.05, 0.1) is 30.5 Å². The van der Waals surface area contributed by atoms with Crippen LogP contribution in [-0.4, -0.2) is 69.8 Å². The van der Waals surface area contributed by atoms with E-state index in [-0.39, 0.29) is 43.2 Å². The fraction of sp³-hybridized carbons (Fsp3) is 0.448. The Morgan fingerprint density at radius 2 is 1.74 bits per heavy atom. The van der Waals surface area contributed by atoms with E-state index >= 15 is 0 Å². The Bertz CT molecular complexity index is 1310. The van der Waals surface area contributed by atoms with E-state index in [0.717, 1.165) is 24.0 Å². The first-order chi connectivity index (χ1) is 18.5. The topological polar surface area (TPSA) is 98.2 Å². The Morgan fingerprint density at radius 3 is 2.31 bits per heavy atom. The van der Waals surface area contributed by atoms with Gasteiger partial charge in [-0.25, -0.2) is 4.79 Å². The zero-order valence-corrected chi connectivity index (χ0v) is 23.4. The van der Waals surface area contributed by atoms with Gasteiger partial charge in [-0.15, -0.1) is 0 Å². The summed E-state index contributed by atoms with van der Waals surface area (Å²) in [4.78, 5) is 56.5. The number of likely N-dealkylation sites (tertiary alicyclic amines) is 1. The third kappa shape index (κ3) is 5.37. The van der Waals surface area contributed by atoms with E-state index < -0.39 is 29.5 Å². The van der Waals surface area contributed by atoms with Crippen LogP contribution < -0.4 is 0 Å². The highest BCUT2D eigenvalue weighted by Crippen LogP contribution is 2.54. The highest BCUT2D eigenvalue weighted by molar-refractivity contribution is 6.30. The number of carbonyl (C=O) groups is 4. The minimum atomic E-state index is -1.20. The van der Waals surface area contributed by atoms with Crippen molar-refractivity contribution < 1.29 is 24.3 Å². The van der Waals surface area contributed by atoms with Crippen molar-refractivity contribution >= 4 is 47.0 Å². The van der Waals surface area contributed by atoms with Gasteiger partial charge >= 0.3 is 12.0 Å². The number of aliphatic carboxylic acids is 1. The molecular formula is C29H31Cl2N3O5. The van der Waals surface area contributed by atoms with Gasteiger partial charge < -0.3 is 14.9 Å². The lowest BCUT2D eigenvalue weighted by atomic mass is 9.67. The van der Waals surface area contributed by atoms with E-state index in [1.807, 2.05) is 30.3 Å². The predicted octanol–water partition coefficient (Wildman–Crippen LogP) is 5.20. The normalized spacial score (nSPS) is 26.4. The van der Waals surface area contributed by atoms with Crippen LogP contribution >= 0.6 is 23.2 Å². The molecule has 10 heteroatoms. The number of hydrogen-bond donors (Lipinski definition) is 1. The number of carboxylic acid groups (broad SMARTS) is 1. The van der Waals surface area contributed by atoms with Crippen molar-refractivity contribution in [1.82, 2.24) is 14.7 Å². The number of piperidine rings is 1. The van der Waals surface area contributed by atoms with E-state index in [1.165, 1.54) is 9.80 Å². The molecule has 8 nitrogen and oxygen atoms in total. The quantitative estimate of drug-likeness (QED) is 0.439. The summed E-state index contributed by atoms with van der Waals surface area (Å²) in [6.07, 6.45) is 1.66. The van der Waals surface area contributed by atoms with Crippen LogP contribution in [0.15, 0.2) is 48.5 Å². The Morgan fingerprint density at radius 1 is 1.05 bits per heavy atom. The third-order valence-electron chi connectivity index (χ3n) is 8.26. The number of carboxylic acids is 1. The average molecular weight is 572 g/mol. The SMILES string of the molecule is CN1CC(=O)N(C[C@H](C2CC2)N2C(=O)[C@](C)(CC(=O)O)C[C@H](c3cccc(Cl)c3)[C@H]2c2ccc(Cl)cc2)C1=O. The highest BCUT2D eigenvalue weighted by Gasteiger charge is 2.55. The number of urea groups is 1. The molecule has 2 aromatic carbocycles. The number of rotatable bonds is 8. The molecule has 3 fully saturated rings. The van der Waals surface area contributed by atoms with Crippen molar-refractivity contribution in [2.75, 3.05) is 20.1 Å². The zero-order chi connectivity index (χ0) is 28.1. The predicted molar refractivity (Wildman–Crippen MR) is 146 cm³/mol. The smallest absolute Gasteiger partial charge is 0.327 e. The number of amides is 4. The minimum absolute atomic E-state index is 0.00729. The summed E-state index contributed by atoms with van der Waals surface area (Å²) in [6.45, 7) is 1.76. The first-order valence-corrected chi connectivity index (χ1v) is 13.8. The third-order valence-corrected chi connectivity index (χ3v) is 8.74. The van der Waals surface area contributed by atoms with E-state index in [0.29, 0.717) is 16.5 Å². The van der Waals surface area contributed by atoms with E-state index in [4.69, 9.17) is 23.2 Å². The van der Waals surface area contributed by atoms with E-state index in [9.17, 15) is 24.3 Å². The van der Waals surface area contributed by atoms with E-state index in [2.05, 4.69) is 0 Å². The average Bonchev–Trinajstić information content (AvgIpc) is 3.68. The maximum Gasteiger partial charge on any atom is 0.327 e. The molecule has 2 aromatic rings. The number of likely N-dealkylation sites (N-methyl/N-ethyl adjacent to an activating group) is 1. The monoisotopic (exact) mass is 571 g/mol. The molecule has 1 saturated carbocycles. The van der Waals surface area contributed by atoms with Gasteiger partial charge in [-0.2, -0.15) is 0 Å². The van der Waals surface area contributed by atoms with Crippen LogP contribution in [0, 0.1) is 11.3 Å². The summed E-state index contributed by atoms with van der Waals surface area (Å²) in [5, 5.41) is 10.9. The second kappa shape index (κ2) is 10.5. The summed E-state index contributed by atoms with van der Waals surface area (Å²) in [5.74, 6) is -1.86. The van der Waals surface area contributed by atoms with Gasteiger partial charge in [0, 0.05) is 23.0 Å².